The number of rotatable bonds is 8. The van der Waals surface area contributed by atoms with Crippen molar-refractivity contribution < 1.29 is 28.7 Å². The molecule has 0 aliphatic heterocycles. The van der Waals surface area contributed by atoms with E-state index in [0.717, 1.165) is 12.8 Å². The molecule has 0 aromatic heterocycles. The second kappa shape index (κ2) is 9.12. The Morgan fingerprint density at radius 1 is 1.04 bits per heavy atom. The highest BCUT2D eigenvalue weighted by Gasteiger charge is 2.31. The first-order chi connectivity index (χ1) is 13.0. The fraction of sp³-hybridized carbons (Fsp3) is 0.400. The summed E-state index contributed by atoms with van der Waals surface area (Å²) in [4.78, 5) is 41.3. The van der Waals surface area contributed by atoms with Gasteiger partial charge in [0.05, 0.1) is 31.1 Å². The SMILES string of the molecule is CCCCC(=NOC(=O)CC)c1cc(OC)c2c(c1OC)C(=O)C=CC2=O. The molecule has 144 valence electrons. The first-order valence-electron chi connectivity index (χ1n) is 8.81. The van der Waals surface area contributed by atoms with Crippen LogP contribution < -0.4 is 9.47 Å². The van der Waals surface area contributed by atoms with Gasteiger partial charge in [-0.05, 0) is 31.1 Å². The molecule has 0 bridgehead atoms. The van der Waals surface area contributed by atoms with Gasteiger partial charge in [-0.2, -0.15) is 0 Å². The Labute approximate surface area is 158 Å². The number of nitrogens with zero attached hydrogens (tertiary/aromatic N) is 1. The summed E-state index contributed by atoms with van der Waals surface area (Å²) in [5.41, 5.74) is 1.20. The molecular formula is C20H23NO6. The molecule has 2 rings (SSSR count). The molecule has 1 aliphatic carbocycles. The van der Waals surface area contributed by atoms with Crippen LogP contribution in [0.5, 0.6) is 11.5 Å². The number of ether oxygens (including phenoxy) is 2. The predicted molar refractivity (Wildman–Crippen MR) is 99.8 cm³/mol. The highest BCUT2D eigenvalue weighted by molar-refractivity contribution is 6.25. The van der Waals surface area contributed by atoms with E-state index in [2.05, 4.69) is 5.16 Å². The van der Waals surface area contributed by atoms with E-state index in [1.165, 1.54) is 26.4 Å². The van der Waals surface area contributed by atoms with Gasteiger partial charge >= 0.3 is 5.97 Å². The number of carbonyl (C=O) groups is 3. The van der Waals surface area contributed by atoms with E-state index in [0.29, 0.717) is 17.7 Å². The monoisotopic (exact) mass is 373 g/mol. The lowest BCUT2D eigenvalue weighted by molar-refractivity contribution is -0.143. The Morgan fingerprint density at radius 3 is 2.26 bits per heavy atom. The van der Waals surface area contributed by atoms with Crippen LogP contribution in [0.1, 0.15) is 65.8 Å². The van der Waals surface area contributed by atoms with Crippen LogP contribution in [0.2, 0.25) is 0 Å². The van der Waals surface area contributed by atoms with Gasteiger partial charge in [0.2, 0.25) is 0 Å². The molecular weight excluding hydrogens is 350 g/mol. The third-order valence-electron chi connectivity index (χ3n) is 4.17. The fourth-order valence-corrected chi connectivity index (χ4v) is 2.77. The largest absolute Gasteiger partial charge is 0.496 e. The van der Waals surface area contributed by atoms with E-state index in [1.807, 2.05) is 6.92 Å². The average Bonchev–Trinajstić information content (AvgIpc) is 2.69. The Hall–Kier alpha value is -2.96. The third kappa shape index (κ3) is 4.24. The number of fused-ring (bicyclic) bond motifs is 1. The summed E-state index contributed by atoms with van der Waals surface area (Å²) in [6, 6.07) is 1.59. The first-order valence-corrected chi connectivity index (χ1v) is 8.81. The zero-order valence-electron chi connectivity index (χ0n) is 16.0. The van der Waals surface area contributed by atoms with Crippen molar-refractivity contribution in [3.63, 3.8) is 0 Å². The second-order valence-electron chi connectivity index (χ2n) is 5.93. The number of benzene rings is 1. The van der Waals surface area contributed by atoms with Gasteiger partial charge in [-0.25, -0.2) is 4.79 Å². The molecule has 0 saturated carbocycles. The summed E-state index contributed by atoms with van der Waals surface area (Å²) in [6.45, 7) is 3.69. The zero-order valence-corrected chi connectivity index (χ0v) is 16.0. The molecule has 7 heteroatoms. The minimum absolute atomic E-state index is 0.130. The summed E-state index contributed by atoms with van der Waals surface area (Å²) >= 11 is 0. The van der Waals surface area contributed by atoms with Crippen LogP contribution in [0.25, 0.3) is 0 Å². The minimum Gasteiger partial charge on any atom is -0.496 e. The molecule has 0 atom stereocenters. The number of oxime groups is 1. The molecule has 0 unspecified atom stereocenters. The molecule has 0 heterocycles. The van der Waals surface area contributed by atoms with Crippen molar-refractivity contribution in [2.75, 3.05) is 14.2 Å². The van der Waals surface area contributed by atoms with Crippen molar-refractivity contribution in [3.05, 3.63) is 34.9 Å². The number of allylic oxidation sites excluding steroid dienone is 2. The standard InChI is InChI=1S/C20H23NO6/c1-5-7-8-13(21-27-17(24)6-2)12-11-16(25-3)18-14(22)9-10-15(23)19(18)20(12)26-4/h9-11H,5-8H2,1-4H3. The van der Waals surface area contributed by atoms with Crippen LogP contribution >= 0.6 is 0 Å². The average molecular weight is 373 g/mol. The molecule has 1 aliphatic rings. The maximum Gasteiger partial charge on any atom is 0.334 e. The van der Waals surface area contributed by atoms with Crippen LogP contribution in [0.3, 0.4) is 0 Å². The van der Waals surface area contributed by atoms with E-state index in [9.17, 15) is 14.4 Å². The van der Waals surface area contributed by atoms with Crippen molar-refractivity contribution in [2.24, 2.45) is 5.16 Å². The van der Waals surface area contributed by atoms with Crippen LogP contribution in [0.15, 0.2) is 23.4 Å². The number of ketones is 2. The van der Waals surface area contributed by atoms with Gasteiger partial charge in [-0.3, -0.25) is 9.59 Å². The highest BCUT2D eigenvalue weighted by Crippen LogP contribution is 2.38. The molecule has 1 aromatic rings. The molecule has 0 radical (unpaired) electrons. The molecule has 0 fully saturated rings. The Balaban J connectivity index is 2.69. The lowest BCUT2D eigenvalue weighted by Crippen LogP contribution is -2.18. The van der Waals surface area contributed by atoms with Crippen LogP contribution in [0, 0.1) is 0 Å². The van der Waals surface area contributed by atoms with Gasteiger partial charge in [0.15, 0.2) is 11.6 Å². The first kappa shape index (κ1) is 20.4. The molecule has 27 heavy (non-hydrogen) atoms. The Bertz CT molecular complexity index is 822. The van der Waals surface area contributed by atoms with E-state index in [4.69, 9.17) is 14.3 Å². The number of carbonyl (C=O) groups excluding carboxylic acids is 3. The van der Waals surface area contributed by atoms with Crippen molar-refractivity contribution in [2.45, 2.75) is 39.5 Å². The predicted octanol–water partition coefficient (Wildman–Crippen LogP) is 3.49. The Kier molecular flexibility index (Phi) is 6.87. The van der Waals surface area contributed by atoms with E-state index in [-0.39, 0.29) is 40.6 Å². The number of hydrogen-bond donors (Lipinski definition) is 0. The Morgan fingerprint density at radius 2 is 1.70 bits per heavy atom. The molecule has 0 N–H and O–H groups in total. The van der Waals surface area contributed by atoms with E-state index >= 15 is 0 Å². The van der Waals surface area contributed by atoms with Gasteiger partial charge in [0, 0.05) is 12.0 Å². The lowest BCUT2D eigenvalue weighted by atomic mass is 9.89. The van der Waals surface area contributed by atoms with Crippen LogP contribution in [0.4, 0.5) is 0 Å². The summed E-state index contributed by atoms with van der Waals surface area (Å²) < 4.78 is 10.8. The summed E-state index contributed by atoms with van der Waals surface area (Å²) in [5, 5.41) is 4.00. The highest BCUT2D eigenvalue weighted by atomic mass is 16.7. The number of hydrogen-bond acceptors (Lipinski definition) is 7. The summed E-state index contributed by atoms with van der Waals surface area (Å²) in [7, 11) is 2.83. The smallest absolute Gasteiger partial charge is 0.334 e. The van der Waals surface area contributed by atoms with Crippen LogP contribution in [-0.2, 0) is 9.63 Å². The van der Waals surface area contributed by atoms with Crippen molar-refractivity contribution in [1.29, 1.82) is 0 Å². The summed E-state index contributed by atoms with van der Waals surface area (Å²) in [6.07, 6.45) is 4.79. The zero-order chi connectivity index (χ0) is 20.0. The molecule has 1 aromatic carbocycles. The normalized spacial score (nSPS) is 13.4. The van der Waals surface area contributed by atoms with Gasteiger partial charge in [-0.15, -0.1) is 0 Å². The van der Waals surface area contributed by atoms with Gasteiger partial charge in [0.1, 0.15) is 11.5 Å². The van der Waals surface area contributed by atoms with E-state index in [1.54, 1.807) is 13.0 Å². The van der Waals surface area contributed by atoms with Crippen molar-refractivity contribution in [3.8, 4) is 11.5 Å². The van der Waals surface area contributed by atoms with Crippen LogP contribution in [-0.4, -0.2) is 37.5 Å². The maximum absolute atomic E-state index is 12.5. The van der Waals surface area contributed by atoms with Gasteiger partial charge in [-0.1, -0.05) is 25.4 Å². The molecule has 0 spiro atoms. The van der Waals surface area contributed by atoms with Gasteiger partial charge < -0.3 is 14.3 Å². The fourth-order valence-electron chi connectivity index (χ4n) is 2.77. The topological polar surface area (TPSA) is 91.3 Å². The quantitative estimate of drug-likeness (QED) is 0.393. The maximum atomic E-state index is 12.5. The number of methoxy groups -OCH3 is 2. The second-order valence-corrected chi connectivity index (χ2v) is 5.93. The molecule has 0 saturated heterocycles. The van der Waals surface area contributed by atoms with E-state index < -0.39 is 5.97 Å². The van der Waals surface area contributed by atoms with Gasteiger partial charge in [0.25, 0.3) is 0 Å². The lowest BCUT2D eigenvalue weighted by Gasteiger charge is -2.20. The summed E-state index contributed by atoms with van der Waals surface area (Å²) in [5.74, 6) is -0.703. The van der Waals surface area contributed by atoms with Crippen molar-refractivity contribution in [1.82, 2.24) is 0 Å². The third-order valence-corrected chi connectivity index (χ3v) is 4.17. The number of unbranched alkanes of at least 4 members (excludes halogenated alkanes) is 1. The minimum atomic E-state index is -0.470. The molecule has 7 nitrogen and oxygen atoms in total. The van der Waals surface area contributed by atoms with Crippen molar-refractivity contribution >= 4 is 23.2 Å². The molecule has 0 amide bonds.